The molecule has 1 aromatic rings. The summed E-state index contributed by atoms with van der Waals surface area (Å²) in [6.45, 7) is 0. The quantitative estimate of drug-likeness (QED) is 0.479. The van der Waals surface area contributed by atoms with E-state index in [4.69, 9.17) is 11.6 Å². The smallest absolute Gasteiger partial charge is 0.190 e. The predicted molar refractivity (Wildman–Crippen MR) is 74.3 cm³/mol. The Morgan fingerprint density at radius 1 is 1.50 bits per heavy atom. The zero-order valence-electron chi connectivity index (χ0n) is 10.1. The summed E-state index contributed by atoms with van der Waals surface area (Å²) in [6.07, 6.45) is 2.50. The van der Waals surface area contributed by atoms with Crippen molar-refractivity contribution < 1.29 is 8.42 Å². The largest absolute Gasteiger partial charge is 0.355 e. The molecule has 5 nitrogen and oxygen atoms in total. The van der Waals surface area contributed by atoms with Crippen LogP contribution < -0.4 is 4.90 Å². The van der Waals surface area contributed by atoms with Gasteiger partial charge in [-0.1, -0.05) is 23.4 Å². The Kier molecular flexibility index (Phi) is 4.03. The molecule has 100 valence electrons. The average Bonchev–Trinajstić information content (AvgIpc) is 2.67. The second kappa shape index (κ2) is 5.22. The van der Waals surface area contributed by atoms with E-state index < -0.39 is 9.84 Å². The van der Waals surface area contributed by atoms with E-state index in [1.807, 2.05) is 18.2 Å². The molecule has 2 heterocycles. The first kappa shape index (κ1) is 13.9. The summed E-state index contributed by atoms with van der Waals surface area (Å²) in [5.74, 6) is 1.09. The molecule has 1 saturated heterocycles. The SMILES string of the molecule is CSc1nc(Cl)cc(N(C)C2CCS(=O)(=O)C2)n1. The molecule has 0 N–H and O–H groups in total. The lowest BCUT2D eigenvalue weighted by Gasteiger charge is -2.24. The Bertz CT molecular complexity index is 550. The van der Waals surface area contributed by atoms with E-state index in [0.717, 1.165) is 0 Å². The third kappa shape index (κ3) is 3.07. The molecule has 0 aliphatic carbocycles. The van der Waals surface area contributed by atoms with E-state index in [0.29, 0.717) is 22.5 Å². The molecular formula is C10H14ClN3O2S2. The van der Waals surface area contributed by atoms with E-state index in [1.54, 1.807) is 6.07 Å². The van der Waals surface area contributed by atoms with Crippen molar-refractivity contribution in [1.29, 1.82) is 0 Å². The van der Waals surface area contributed by atoms with E-state index in [2.05, 4.69) is 9.97 Å². The van der Waals surface area contributed by atoms with Gasteiger partial charge in [0, 0.05) is 19.2 Å². The van der Waals surface area contributed by atoms with Crippen LogP contribution in [0.25, 0.3) is 0 Å². The molecule has 18 heavy (non-hydrogen) atoms. The fourth-order valence-corrected chi connectivity index (χ4v) is 4.30. The molecule has 0 bridgehead atoms. The molecule has 1 aliphatic heterocycles. The van der Waals surface area contributed by atoms with Crippen LogP contribution in [0, 0.1) is 0 Å². The summed E-state index contributed by atoms with van der Waals surface area (Å²) < 4.78 is 23.0. The maximum absolute atomic E-state index is 11.5. The van der Waals surface area contributed by atoms with Crippen molar-refractivity contribution in [1.82, 2.24) is 9.97 Å². The summed E-state index contributed by atoms with van der Waals surface area (Å²) in [5, 5.41) is 0.960. The van der Waals surface area contributed by atoms with Gasteiger partial charge in [-0.05, 0) is 12.7 Å². The van der Waals surface area contributed by atoms with Crippen LogP contribution in [0.15, 0.2) is 11.2 Å². The molecule has 0 aromatic carbocycles. The summed E-state index contributed by atoms with van der Waals surface area (Å²) in [4.78, 5) is 10.3. The van der Waals surface area contributed by atoms with Crippen LogP contribution in [0.5, 0.6) is 0 Å². The fraction of sp³-hybridized carbons (Fsp3) is 0.600. The maximum Gasteiger partial charge on any atom is 0.190 e. The summed E-state index contributed by atoms with van der Waals surface area (Å²) in [5.41, 5.74) is 0. The summed E-state index contributed by atoms with van der Waals surface area (Å²) >= 11 is 7.33. The lowest BCUT2D eigenvalue weighted by atomic mass is 10.2. The number of hydrogen-bond acceptors (Lipinski definition) is 6. The highest BCUT2D eigenvalue weighted by molar-refractivity contribution is 7.98. The van der Waals surface area contributed by atoms with Crippen molar-refractivity contribution in [2.75, 3.05) is 29.7 Å². The van der Waals surface area contributed by atoms with Gasteiger partial charge in [0.1, 0.15) is 11.0 Å². The zero-order chi connectivity index (χ0) is 13.3. The minimum Gasteiger partial charge on any atom is -0.355 e. The standard InChI is InChI=1S/C10H14ClN3O2S2/c1-14(7-3-4-18(15,16)6-7)9-5-8(11)12-10(13-9)17-2/h5,7H,3-4,6H2,1-2H3. The lowest BCUT2D eigenvalue weighted by molar-refractivity contribution is 0.600. The Morgan fingerprint density at radius 2 is 2.22 bits per heavy atom. The van der Waals surface area contributed by atoms with Crippen molar-refractivity contribution in [3.05, 3.63) is 11.2 Å². The van der Waals surface area contributed by atoms with Crippen LogP contribution in [0.2, 0.25) is 5.15 Å². The Balaban J connectivity index is 2.23. The molecule has 0 spiro atoms. The third-order valence-corrected chi connectivity index (χ3v) is 5.45. The fourth-order valence-electron chi connectivity index (χ4n) is 1.93. The minimum atomic E-state index is -2.90. The van der Waals surface area contributed by atoms with E-state index >= 15 is 0 Å². The van der Waals surface area contributed by atoms with Crippen molar-refractivity contribution in [3.8, 4) is 0 Å². The highest BCUT2D eigenvalue weighted by Crippen LogP contribution is 2.24. The van der Waals surface area contributed by atoms with Gasteiger partial charge in [0.25, 0.3) is 0 Å². The van der Waals surface area contributed by atoms with Crippen molar-refractivity contribution >= 4 is 39.0 Å². The molecule has 8 heteroatoms. The molecule has 1 atom stereocenters. The predicted octanol–water partition coefficient (Wildman–Crippen LogP) is 1.48. The van der Waals surface area contributed by atoms with Gasteiger partial charge < -0.3 is 4.90 Å². The zero-order valence-corrected chi connectivity index (χ0v) is 12.5. The number of nitrogens with zero attached hydrogens (tertiary/aromatic N) is 3. The van der Waals surface area contributed by atoms with E-state index in [9.17, 15) is 8.42 Å². The first-order chi connectivity index (χ1) is 8.41. The molecule has 0 saturated carbocycles. The first-order valence-corrected chi connectivity index (χ1v) is 8.85. The number of aromatic nitrogens is 2. The molecule has 2 rings (SSSR count). The van der Waals surface area contributed by atoms with Gasteiger partial charge in [-0.25, -0.2) is 18.4 Å². The van der Waals surface area contributed by atoms with Crippen molar-refractivity contribution in [2.45, 2.75) is 17.6 Å². The van der Waals surface area contributed by atoms with Crippen LogP contribution in [-0.4, -0.2) is 49.2 Å². The number of thioether (sulfide) groups is 1. The van der Waals surface area contributed by atoms with Crippen LogP contribution in [0.1, 0.15) is 6.42 Å². The molecule has 1 aromatic heterocycles. The normalized spacial score (nSPS) is 22.1. The van der Waals surface area contributed by atoms with E-state index in [-0.39, 0.29) is 17.5 Å². The van der Waals surface area contributed by atoms with Gasteiger partial charge in [-0.15, -0.1) is 0 Å². The lowest BCUT2D eigenvalue weighted by Crippen LogP contribution is -2.33. The van der Waals surface area contributed by atoms with Gasteiger partial charge in [0.05, 0.1) is 11.5 Å². The van der Waals surface area contributed by atoms with Crippen LogP contribution in [0.4, 0.5) is 5.82 Å². The number of hydrogen-bond donors (Lipinski definition) is 0. The third-order valence-electron chi connectivity index (χ3n) is 2.96. The Labute approximate surface area is 116 Å². The topological polar surface area (TPSA) is 63.2 Å². The van der Waals surface area contributed by atoms with Gasteiger partial charge in [0.15, 0.2) is 15.0 Å². The van der Waals surface area contributed by atoms with Gasteiger partial charge >= 0.3 is 0 Å². The first-order valence-electron chi connectivity index (χ1n) is 5.43. The monoisotopic (exact) mass is 307 g/mol. The molecule has 1 unspecified atom stereocenters. The van der Waals surface area contributed by atoms with Crippen LogP contribution in [0.3, 0.4) is 0 Å². The maximum atomic E-state index is 11.5. The second-order valence-corrected chi connectivity index (χ2v) is 7.59. The number of rotatable bonds is 3. The average molecular weight is 308 g/mol. The van der Waals surface area contributed by atoms with Gasteiger partial charge in [-0.2, -0.15) is 0 Å². The number of sulfone groups is 1. The molecule has 1 aliphatic rings. The molecule has 0 radical (unpaired) electrons. The second-order valence-electron chi connectivity index (χ2n) is 4.20. The highest BCUT2D eigenvalue weighted by atomic mass is 35.5. The van der Waals surface area contributed by atoms with Crippen molar-refractivity contribution in [2.24, 2.45) is 0 Å². The molecule has 1 fully saturated rings. The molecular weight excluding hydrogens is 294 g/mol. The number of halogens is 1. The van der Waals surface area contributed by atoms with Crippen LogP contribution in [-0.2, 0) is 9.84 Å². The Morgan fingerprint density at radius 3 is 2.78 bits per heavy atom. The van der Waals surface area contributed by atoms with Gasteiger partial charge in [0.2, 0.25) is 0 Å². The van der Waals surface area contributed by atoms with Gasteiger partial charge in [-0.3, -0.25) is 0 Å². The minimum absolute atomic E-state index is 0.0318. The van der Waals surface area contributed by atoms with Crippen LogP contribution >= 0.6 is 23.4 Å². The highest BCUT2D eigenvalue weighted by Gasteiger charge is 2.31. The van der Waals surface area contributed by atoms with E-state index in [1.165, 1.54) is 11.8 Å². The summed E-state index contributed by atoms with van der Waals surface area (Å²) in [7, 11) is -1.06. The molecule has 0 amide bonds. The van der Waals surface area contributed by atoms with Crippen molar-refractivity contribution in [3.63, 3.8) is 0 Å². The Hall–Kier alpha value is -0.530. The number of anilines is 1. The summed E-state index contributed by atoms with van der Waals surface area (Å²) in [6, 6.07) is 1.63.